The molecule has 0 saturated carbocycles. The number of hydrogen-bond donors (Lipinski definition) is 2. The molecule has 14 heavy (non-hydrogen) atoms. The van der Waals surface area contributed by atoms with Crippen LogP contribution in [0.15, 0.2) is 0 Å². The number of hydrazine groups is 1. The molecule has 0 heterocycles. The lowest BCUT2D eigenvalue weighted by Gasteiger charge is -2.27. The van der Waals surface area contributed by atoms with Crippen LogP contribution < -0.4 is 11.2 Å². The molecule has 3 N–H and O–H groups in total. The van der Waals surface area contributed by atoms with Crippen molar-refractivity contribution in [2.45, 2.75) is 58.9 Å². The normalized spacial score (nSPS) is 13.5. The van der Waals surface area contributed by atoms with E-state index in [0.29, 0.717) is 12.7 Å². The topological polar surface area (TPSA) is 41.3 Å². The fraction of sp³-hybridized carbons (Fsp3) is 1.00. The van der Waals surface area contributed by atoms with E-state index in [0.717, 1.165) is 6.54 Å². The summed E-state index contributed by atoms with van der Waals surface area (Å²) in [5.74, 6) is 0. The van der Waals surface area contributed by atoms with Crippen LogP contribution in [-0.2, 0) is 0 Å². The van der Waals surface area contributed by atoms with Crippen molar-refractivity contribution in [3.8, 4) is 0 Å². The summed E-state index contributed by atoms with van der Waals surface area (Å²) in [5.41, 5.74) is 8.65. The molecule has 1 unspecified atom stereocenters. The van der Waals surface area contributed by atoms with Crippen LogP contribution in [0, 0.1) is 0 Å². The lowest BCUT2D eigenvalue weighted by molar-refractivity contribution is 0.135. The molecular weight excluding hydrogens is 174 g/mol. The lowest BCUT2D eigenvalue weighted by atomic mass is 10.1. The summed E-state index contributed by atoms with van der Waals surface area (Å²) in [6.07, 6.45) is 6.63. The van der Waals surface area contributed by atoms with Gasteiger partial charge in [0, 0.05) is 12.6 Å². The van der Waals surface area contributed by atoms with Gasteiger partial charge >= 0.3 is 0 Å². The first-order valence-electron chi connectivity index (χ1n) is 5.96. The lowest BCUT2D eigenvalue weighted by Crippen LogP contribution is -2.46. The molecule has 0 aliphatic rings. The Morgan fingerprint density at radius 3 is 2.43 bits per heavy atom. The van der Waals surface area contributed by atoms with Crippen LogP contribution in [-0.4, -0.2) is 24.3 Å². The van der Waals surface area contributed by atoms with Crippen molar-refractivity contribution in [3.05, 3.63) is 0 Å². The Morgan fingerprint density at radius 2 is 1.93 bits per heavy atom. The fourth-order valence-electron chi connectivity index (χ4n) is 1.72. The van der Waals surface area contributed by atoms with Gasteiger partial charge in [0.25, 0.3) is 0 Å². The minimum absolute atomic E-state index is 0.535. The van der Waals surface area contributed by atoms with E-state index in [2.05, 4.69) is 31.2 Å². The summed E-state index contributed by atoms with van der Waals surface area (Å²) in [4.78, 5) is 0. The summed E-state index contributed by atoms with van der Waals surface area (Å²) < 4.78 is 0. The van der Waals surface area contributed by atoms with Crippen LogP contribution in [0.4, 0.5) is 0 Å². The number of hydrogen-bond acceptors (Lipinski definition) is 3. The zero-order valence-corrected chi connectivity index (χ0v) is 10.1. The van der Waals surface area contributed by atoms with Gasteiger partial charge in [0.2, 0.25) is 0 Å². The third kappa shape index (κ3) is 6.35. The smallest absolute Gasteiger partial charge is 0.0567 e. The van der Waals surface area contributed by atoms with E-state index < -0.39 is 0 Å². The molecule has 0 fully saturated rings. The predicted octanol–water partition coefficient (Wildman–Crippen LogP) is 2.09. The van der Waals surface area contributed by atoms with Crippen molar-refractivity contribution >= 4 is 0 Å². The standard InChI is InChI=1S/C11H27N3/c1-4-6-7-8-9-11(3)14(5-2)13-10-12/h11,13H,4-10,12H2,1-3H3. The van der Waals surface area contributed by atoms with Gasteiger partial charge in [-0.1, -0.05) is 39.5 Å². The van der Waals surface area contributed by atoms with Crippen LogP contribution in [0.1, 0.15) is 52.9 Å². The van der Waals surface area contributed by atoms with Gasteiger partial charge in [0.05, 0.1) is 6.67 Å². The Kier molecular flexibility index (Phi) is 9.35. The molecule has 0 amide bonds. The second-order valence-electron chi connectivity index (χ2n) is 3.85. The molecule has 0 aromatic rings. The van der Waals surface area contributed by atoms with Gasteiger partial charge in [-0.3, -0.25) is 0 Å². The number of unbranched alkanes of at least 4 members (excludes halogenated alkanes) is 3. The first-order chi connectivity index (χ1) is 6.76. The van der Waals surface area contributed by atoms with Crippen LogP contribution in [0.25, 0.3) is 0 Å². The Bertz CT molecular complexity index is 117. The highest BCUT2D eigenvalue weighted by Crippen LogP contribution is 2.08. The zero-order chi connectivity index (χ0) is 10.8. The molecule has 86 valence electrons. The van der Waals surface area contributed by atoms with E-state index in [1.807, 2.05) is 0 Å². The van der Waals surface area contributed by atoms with Gasteiger partial charge < -0.3 is 5.73 Å². The maximum absolute atomic E-state index is 5.47. The van der Waals surface area contributed by atoms with E-state index in [1.165, 1.54) is 32.1 Å². The van der Waals surface area contributed by atoms with E-state index in [1.54, 1.807) is 0 Å². The van der Waals surface area contributed by atoms with E-state index in [9.17, 15) is 0 Å². The van der Waals surface area contributed by atoms with Crippen molar-refractivity contribution < 1.29 is 0 Å². The molecule has 1 atom stereocenters. The second kappa shape index (κ2) is 9.44. The van der Waals surface area contributed by atoms with Crippen molar-refractivity contribution in [3.63, 3.8) is 0 Å². The molecule has 0 aromatic carbocycles. The predicted molar refractivity (Wildman–Crippen MR) is 62.8 cm³/mol. The summed E-state index contributed by atoms with van der Waals surface area (Å²) in [6, 6.07) is 0.598. The van der Waals surface area contributed by atoms with Crippen molar-refractivity contribution in [1.82, 2.24) is 10.4 Å². The molecule has 3 heteroatoms. The third-order valence-corrected chi connectivity index (χ3v) is 2.64. The number of nitrogens with one attached hydrogen (secondary N) is 1. The second-order valence-corrected chi connectivity index (χ2v) is 3.85. The summed E-state index contributed by atoms with van der Waals surface area (Å²) in [7, 11) is 0. The highest BCUT2D eigenvalue weighted by Gasteiger charge is 2.09. The van der Waals surface area contributed by atoms with Crippen LogP contribution in [0.2, 0.25) is 0 Å². The Balaban J connectivity index is 3.52. The van der Waals surface area contributed by atoms with Gasteiger partial charge in [-0.05, 0) is 13.3 Å². The molecule has 0 saturated heterocycles. The van der Waals surface area contributed by atoms with Crippen LogP contribution in [0.5, 0.6) is 0 Å². The van der Waals surface area contributed by atoms with Gasteiger partial charge in [-0.15, -0.1) is 0 Å². The Labute approximate surface area is 89.0 Å². The Hall–Kier alpha value is -0.120. The third-order valence-electron chi connectivity index (χ3n) is 2.64. The summed E-state index contributed by atoms with van der Waals surface area (Å²) in [6.45, 7) is 8.22. The molecule has 0 bridgehead atoms. The van der Waals surface area contributed by atoms with Crippen molar-refractivity contribution in [2.75, 3.05) is 13.2 Å². The number of nitrogens with zero attached hydrogens (tertiary/aromatic N) is 1. The first kappa shape index (κ1) is 13.9. The van der Waals surface area contributed by atoms with Gasteiger partial charge in [-0.25, -0.2) is 10.4 Å². The monoisotopic (exact) mass is 201 g/mol. The number of rotatable bonds is 9. The zero-order valence-electron chi connectivity index (χ0n) is 10.1. The van der Waals surface area contributed by atoms with Gasteiger partial charge in [0.15, 0.2) is 0 Å². The molecule has 0 spiro atoms. The van der Waals surface area contributed by atoms with Gasteiger partial charge in [0.1, 0.15) is 0 Å². The molecule has 0 radical (unpaired) electrons. The molecule has 0 aromatic heterocycles. The average molecular weight is 201 g/mol. The number of nitrogens with two attached hydrogens (primary N) is 1. The van der Waals surface area contributed by atoms with Gasteiger partial charge in [-0.2, -0.15) is 0 Å². The average Bonchev–Trinajstić information content (AvgIpc) is 2.20. The fourth-order valence-corrected chi connectivity index (χ4v) is 1.72. The molecule has 0 rings (SSSR count). The van der Waals surface area contributed by atoms with E-state index in [4.69, 9.17) is 5.73 Å². The molecule has 0 aliphatic heterocycles. The highest BCUT2D eigenvalue weighted by atomic mass is 15.5. The van der Waals surface area contributed by atoms with Crippen molar-refractivity contribution in [1.29, 1.82) is 0 Å². The quantitative estimate of drug-likeness (QED) is 0.341. The summed E-state index contributed by atoms with van der Waals surface area (Å²) >= 11 is 0. The van der Waals surface area contributed by atoms with E-state index >= 15 is 0 Å². The molecular formula is C11H27N3. The molecule has 3 nitrogen and oxygen atoms in total. The minimum Gasteiger partial charge on any atom is -0.317 e. The summed E-state index contributed by atoms with van der Waals surface area (Å²) in [5, 5.41) is 2.23. The maximum atomic E-state index is 5.47. The minimum atomic E-state index is 0.535. The largest absolute Gasteiger partial charge is 0.317 e. The molecule has 0 aliphatic carbocycles. The maximum Gasteiger partial charge on any atom is 0.0567 e. The first-order valence-corrected chi connectivity index (χ1v) is 5.96. The SMILES string of the molecule is CCCCCCC(C)N(CC)NCN. The van der Waals surface area contributed by atoms with Crippen molar-refractivity contribution in [2.24, 2.45) is 5.73 Å². The van der Waals surface area contributed by atoms with Crippen LogP contribution in [0.3, 0.4) is 0 Å². The van der Waals surface area contributed by atoms with Crippen LogP contribution >= 0.6 is 0 Å². The Morgan fingerprint density at radius 1 is 1.21 bits per heavy atom. The van der Waals surface area contributed by atoms with E-state index in [-0.39, 0.29) is 0 Å². The highest BCUT2D eigenvalue weighted by molar-refractivity contribution is 4.61.